The number of carbonyl (C=O) groups is 2. The van der Waals surface area contributed by atoms with Crippen LogP contribution in [0.5, 0.6) is 0 Å². The second-order valence-electron chi connectivity index (χ2n) is 6.27. The Morgan fingerprint density at radius 1 is 0.958 bits per heavy atom. The number of rotatable bonds is 13. The van der Waals surface area contributed by atoms with Crippen molar-refractivity contribution in [2.75, 3.05) is 33.0 Å². The minimum Gasteiger partial charge on any atom is -0.382 e. The number of hydrogen-bond acceptors (Lipinski definition) is 4. The molecule has 2 N–H and O–H groups in total. The molecule has 1 saturated carbocycles. The van der Waals surface area contributed by atoms with Crippen molar-refractivity contribution >= 4 is 11.8 Å². The van der Waals surface area contributed by atoms with Crippen molar-refractivity contribution in [1.29, 1.82) is 0 Å². The van der Waals surface area contributed by atoms with Gasteiger partial charge in [0.2, 0.25) is 11.8 Å². The van der Waals surface area contributed by atoms with Crippen molar-refractivity contribution < 1.29 is 19.1 Å². The van der Waals surface area contributed by atoms with E-state index in [-0.39, 0.29) is 17.9 Å². The molecule has 0 heterocycles. The summed E-state index contributed by atoms with van der Waals surface area (Å²) in [6.07, 6.45) is 5.69. The molecule has 0 bridgehead atoms. The molecule has 2 amide bonds. The lowest BCUT2D eigenvalue weighted by molar-refractivity contribution is -0.122. The van der Waals surface area contributed by atoms with Crippen LogP contribution in [0, 0.1) is 5.92 Å². The smallest absolute Gasteiger partial charge is 0.220 e. The predicted molar refractivity (Wildman–Crippen MR) is 93.7 cm³/mol. The number of nitrogens with one attached hydrogen (secondary N) is 2. The predicted octanol–water partition coefficient (Wildman–Crippen LogP) is 2.02. The van der Waals surface area contributed by atoms with Gasteiger partial charge in [0, 0.05) is 51.9 Å². The molecule has 1 fully saturated rings. The van der Waals surface area contributed by atoms with Crippen LogP contribution < -0.4 is 10.6 Å². The van der Waals surface area contributed by atoms with E-state index in [2.05, 4.69) is 10.6 Å². The minimum absolute atomic E-state index is 0.0726. The summed E-state index contributed by atoms with van der Waals surface area (Å²) in [6.45, 7) is 7.20. The molecule has 1 aliphatic rings. The van der Waals surface area contributed by atoms with Gasteiger partial charge in [-0.2, -0.15) is 0 Å². The fraction of sp³-hybridized carbons (Fsp3) is 0.889. The first-order valence-electron chi connectivity index (χ1n) is 9.38. The van der Waals surface area contributed by atoms with Crippen LogP contribution in [0.4, 0.5) is 0 Å². The van der Waals surface area contributed by atoms with Gasteiger partial charge < -0.3 is 20.1 Å². The molecule has 0 aliphatic heterocycles. The van der Waals surface area contributed by atoms with E-state index in [9.17, 15) is 9.59 Å². The number of ether oxygens (including phenoxy) is 2. The third-order valence-electron chi connectivity index (χ3n) is 4.36. The van der Waals surface area contributed by atoms with E-state index < -0.39 is 0 Å². The number of carbonyl (C=O) groups excluding carboxylic acids is 2. The Hall–Kier alpha value is -1.14. The summed E-state index contributed by atoms with van der Waals surface area (Å²) in [5.74, 6) is 0.509. The Labute approximate surface area is 146 Å². The molecule has 0 aromatic carbocycles. The maximum atomic E-state index is 12.0. The van der Waals surface area contributed by atoms with Gasteiger partial charge in [-0.25, -0.2) is 0 Å². The van der Waals surface area contributed by atoms with Gasteiger partial charge >= 0.3 is 0 Å². The van der Waals surface area contributed by atoms with Crippen molar-refractivity contribution in [1.82, 2.24) is 10.6 Å². The Morgan fingerprint density at radius 2 is 1.58 bits per heavy atom. The van der Waals surface area contributed by atoms with Gasteiger partial charge in [0.05, 0.1) is 0 Å². The molecule has 6 heteroatoms. The molecule has 140 valence electrons. The standard InChI is InChI=1S/C18H34N2O4/c1-3-23-12-6-10-17(21)19-14-15-8-5-9-16(15)20-18(22)11-7-13-24-4-2/h15-16H,3-14H2,1-2H3,(H,19,21)(H,20,22)/t15-,16+/m1/s1. The Morgan fingerprint density at radius 3 is 2.21 bits per heavy atom. The fourth-order valence-electron chi connectivity index (χ4n) is 3.04. The molecule has 2 atom stereocenters. The van der Waals surface area contributed by atoms with Crippen LogP contribution in [0.3, 0.4) is 0 Å². The highest BCUT2D eigenvalue weighted by molar-refractivity contribution is 5.76. The largest absolute Gasteiger partial charge is 0.382 e. The molecule has 0 aromatic heterocycles. The summed E-state index contributed by atoms with van der Waals surface area (Å²) in [4.78, 5) is 23.8. The summed E-state index contributed by atoms with van der Waals surface area (Å²) < 4.78 is 10.5. The Bertz CT molecular complexity index is 363. The van der Waals surface area contributed by atoms with E-state index >= 15 is 0 Å². The Balaban J connectivity index is 2.17. The zero-order valence-corrected chi connectivity index (χ0v) is 15.3. The molecule has 6 nitrogen and oxygen atoms in total. The van der Waals surface area contributed by atoms with E-state index in [1.807, 2.05) is 13.8 Å². The van der Waals surface area contributed by atoms with Crippen LogP contribution in [-0.2, 0) is 19.1 Å². The number of hydrogen-bond donors (Lipinski definition) is 2. The first kappa shape index (κ1) is 20.9. The topological polar surface area (TPSA) is 76.7 Å². The van der Waals surface area contributed by atoms with Gasteiger partial charge in [-0.3, -0.25) is 9.59 Å². The van der Waals surface area contributed by atoms with Crippen LogP contribution in [0.2, 0.25) is 0 Å². The van der Waals surface area contributed by atoms with Crippen molar-refractivity contribution in [3.05, 3.63) is 0 Å². The van der Waals surface area contributed by atoms with Crippen LogP contribution in [-0.4, -0.2) is 50.8 Å². The third-order valence-corrected chi connectivity index (χ3v) is 4.36. The highest BCUT2D eigenvalue weighted by atomic mass is 16.5. The van der Waals surface area contributed by atoms with Crippen LogP contribution >= 0.6 is 0 Å². The minimum atomic E-state index is 0.0726. The van der Waals surface area contributed by atoms with Crippen LogP contribution in [0.25, 0.3) is 0 Å². The molecule has 1 rings (SSSR count). The normalized spacial score (nSPS) is 20.1. The molecular formula is C18H34N2O4. The summed E-state index contributed by atoms with van der Waals surface area (Å²) in [5, 5.41) is 6.12. The van der Waals surface area contributed by atoms with Crippen LogP contribution in [0.1, 0.15) is 58.8 Å². The monoisotopic (exact) mass is 342 g/mol. The van der Waals surface area contributed by atoms with Gasteiger partial charge in [-0.15, -0.1) is 0 Å². The molecule has 0 spiro atoms. The van der Waals surface area contributed by atoms with E-state index in [0.717, 1.165) is 32.1 Å². The molecule has 0 saturated heterocycles. The van der Waals surface area contributed by atoms with E-state index in [1.165, 1.54) is 0 Å². The summed E-state index contributed by atoms with van der Waals surface area (Å²) in [5.41, 5.74) is 0. The first-order valence-corrected chi connectivity index (χ1v) is 9.38. The highest BCUT2D eigenvalue weighted by Crippen LogP contribution is 2.25. The molecular weight excluding hydrogens is 308 g/mol. The zero-order valence-electron chi connectivity index (χ0n) is 15.3. The lowest BCUT2D eigenvalue weighted by atomic mass is 10.0. The molecule has 0 unspecified atom stereocenters. The summed E-state index contributed by atoms with van der Waals surface area (Å²) in [7, 11) is 0. The fourth-order valence-corrected chi connectivity index (χ4v) is 3.04. The quantitative estimate of drug-likeness (QED) is 0.502. The Kier molecular flexibility index (Phi) is 11.5. The second-order valence-corrected chi connectivity index (χ2v) is 6.27. The molecule has 0 radical (unpaired) electrons. The average Bonchev–Trinajstić information content (AvgIpc) is 3.01. The van der Waals surface area contributed by atoms with Crippen LogP contribution in [0.15, 0.2) is 0 Å². The van der Waals surface area contributed by atoms with Crippen molar-refractivity contribution in [2.45, 2.75) is 64.8 Å². The maximum Gasteiger partial charge on any atom is 0.220 e. The SMILES string of the molecule is CCOCCCC(=O)NC[C@H]1CCC[C@@H]1NC(=O)CCCOCC. The third kappa shape index (κ3) is 9.23. The number of amides is 2. The van der Waals surface area contributed by atoms with Gasteiger partial charge in [-0.1, -0.05) is 6.42 Å². The van der Waals surface area contributed by atoms with Gasteiger partial charge in [0.15, 0.2) is 0 Å². The van der Waals surface area contributed by atoms with Gasteiger partial charge in [0.1, 0.15) is 0 Å². The molecule has 24 heavy (non-hydrogen) atoms. The van der Waals surface area contributed by atoms with Crippen molar-refractivity contribution in [2.24, 2.45) is 5.92 Å². The lowest BCUT2D eigenvalue weighted by Gasteiger charge is -2.21. The second kappa shape index (κ2) is 13.2. The van der Waals surface area contributed by atoms with E-state index in [0.29, 0.717) is 51.7 Å². The molecule has 1 aliphatic carbocycles. The van der Waals surface area contributed by atoms with Gasteiger partial charge in [0.25, 0.3) is 0 Å². The highest BCUT2D eigenvalue weighted by Gasteiger charge is 2.28. The summed E-state index contributed by atoms with van der Waals surface area (Å²) in [6, 6.07) is 0.188. The van der Waals surface area contributed by atoms with Crippen molar-refractivity contribution in [3.8, 4) is 0 Å². The zero-order chi connectivity index (χ0) is 17.6. The van der Waals surface area contributed by atoms with Gasteiger partial charge in [-0.05, 0) is 45.4 Å². The van der Waals surface area contributed by atoms with E-state index in [4.69, 9.17) is 9.47 Å². The first-order chi connectivity index (χ1) is 11.7. The average molecular weight is 342 g/mol. The summed E-state index contributed by atoms with van der Waals surface area (Å²) >= 11 is 0. The van der Waals surface area contributed by atoms with Crippen molar-refractivity contribution in [3.63, 3.8) is 0 Å². The van der Waals surface area contributed by atoms with E-state index in [1.54, 1.807) is 0 Å². The molecule has 0 aromatic rings. The lowest BCUT2D eigenvalue weighted by Crippen LogP contribution is -2.42. The maximum absolute atomic E-state index is 12.0.